The lowest BCUT2D eigenvalue weighted by Crippen LogP contribution is -2.62. The van der Waals surface area contributed by atoms with Crippen LogP contribution in [-0.2, 0) is 4.79 Å². The smallest absolute Gasteiger partial charge is 0.254 e. The third-order valence-electron chi connectivity index (χ3n) is 6.64. The lowest BCUT2D eigenvalue weighted by Gasteiger charge is -2.52. The number of anilines is 1. The molecule has 4 rings (SSSR count). The van der Waals surface area contributed by atoms with Crippen LogP contribution in [0.25, 0.3) is 0 Å². The molecule has 29 heavy (non-hydrogen) atoms. The molecule has 1 N–H and O–H groups in total. The molecule has 0 radical (unpaired) electrons. The predicted octanol–water partition coefficient (Wildman–Crippen LogP) is 4.68. The Morgan fingerprint density at radius 2 is 1.93 bits per heavy atom. The Labute approximate surface area is 172 Å². The fourth-order valence-electron chi connectivity index (χ4n) is 5.24. The third-order valence-corrected chi connectivity index (χ3v) is 6.64. The van der Waals surface area contributed by atoms with Crippen LogP contribution in [0, 0.1) is 6.92 Å². The van der Waals surface area contributed by atoms with E-state index in [1.54, 1.807) is 0 Å². The first-order valence-electron chi connectivity index (χ1n) is 10.6. The summed E-state index contributed by atoms with van der Waals surface area (Å²) in [4.78, 5) is 33.7. The zero-order valence-corrected chi connectivity index (χ0v) is 17.4. The van der Waals surface area contributed by atoms with E-state index < -0.39 is 11.5 Å². The molecule has 1 fully saturated rings. The molecule has 2 aliphatic rings. The van der Waals surface area contributed by atoms with Gasteiger partial charge < -0.3 is 10.2 Å². The first-order valence-corrected chi connectivity index (χ1v) is 10.6. The van der Waals surface area contributed by atoms with Crippen LogP contribution in [0.3, 0.4) is 0 Å². The predicted molar refractivity (Wildman–Crippen MR) is 114 cm³/mol. The van der Waals surface area contributed by atoms with Crippen LogP contribution in [0.2, 0.25) is 0 Å². The van der Waals surface area contributed by atoms with E-state index in [4.69, 9.17) is 0 Å². The summed E-state index contributed by atoms with van der Waals surface area (Å²) >= 11 is 0. The SMILES string of the molecule is CC[C@@H](C)N1C(=O)c2ccccc2[C@H](C(=O)Nc2cccc(C)n2)C12CCCC2. The minimum absolute atomic E-state index is 0.0644. The van der Waals surface area contributed by atoms with Gasteiger partial charge in [-0.2, -0.15) is 0 Å². The second-order valence-electron chi connectivity index (χ2n) is 8.42. The maximum absolute atomic E-state index is 13.7. The molecule has 0 saturated heterocycles. The normalized spacial score (nSPS) is 21.1. The summed E-state index contributed by atoms with van der Waals surface area (Å²) in [6.07, 6.45) is 4.65. The van der Waals surface area contributed by atoms with Gasteiger partial charge in [0.25, 0.3) is 5.91 Å². The zero-order chi connectivity index (χ0) is 20.6. The zero-order valence-electron chi connectivity index (χ0n) is 17.4. The summed E-state index contributed by atoms with van der Waals surface area (Å²) in [7, 11) is 0. The van der Waals surface area contributed by atoms with Crippen LogP contribution in [-0.4, -0.2) is 33.3 Å². The molecule has 2 atom stereocenters. The van der Waals surface area contributed by atoms with E-state index in [-0.39, 0.29) is 17.9 Å². The molecule has 1 aliphatic heterocycles. The van der Waals surface area contributed by atoms with Crippen molar-refractivity contribution in [1.82, 2.24) is 9.88 Å². The number of aromatic nitrogens is 1. The number of rotatable bonds is 4. The maximum Gasteiger partial charge on any atom is 0.254 e. The van der Waals surface area contributed by atoms with Gasteiger partial charge in [-0.05, 0) is 56.9 Å². The Balaban J connectivity index is 1.83. The standard InChI is InChI=1S/C24H29N3O2/c1-4-17(3)27-23(29)19-12-6-5-11-18(19)21(24(27)14-7-8-15-24)22(28)26-20-13-9-10-16(2)25-20/h5-6,9-13,17,21H,4,7-8,14-15H2,1-3H3,(H,25,26,28)/t17-,21-/m1/s1. The van der Waals surface area contributed by atoms with Crippen LogP contribution >= 0.6 is 0 Å². The summed E-state index contributed by atoms with van der Waals surface area (Å²) in [6, 6.07) is 13.3. The van der Waals surface area contributed by atoms with Crippen molar-refractivity contribution in [3.05, 3.63) is 59.3 Å². The summed E-state index contributed by atoms with van der Waals surface area (Å²) in [5, 5.41) is 3.05. The molecule has 1 saturated carbocycles. The molecular weight excluding hydrogens is 362 g/mol. The van der Waals surface area contributed by atoms with Crippen LogP contribution in [0.4, 0.5) is 5.82 Å². The Bertz CT molecular complexity index is 933. The van der Waals surface area contributed by atoms with Crippen molar-refractivity contribution >= 4 is 17.6 Å². The van der Waals surface area contributed by atoms with Crippen LogP contribution in [0.5, 0.6) is 0 Å². The van der Waals surface area contributed by atoms with Crippen molar-refractivity contribution < 1.29 is 9.59 Å². The van der Waals surface area contributed by atoms with Gasteiger partial charge in [-0.15, -0.1) is 0 Å². The maximum atomic E-state index is 13.7. The summed E-state index contributed by atoms with van der Waals surface area (Å²) < 4.78 is 0. The van der Waals surface area contributed by atoms with Gasteiger partial charge >= 0.3 is 0 Å². The lowest BCUT2D eigenvalue weighted by molar-refractivity contribution is -0.121. The third kappa shape index (κ3) is 3.22. The molecule has 1 aromatic heterocycles. The summed E-state index contributed by atoms with van der Waals surface area (Å²) in [5.74, 6) is 0.163. The van der Waals surface area contributed by atoms with Gasteiger partial charge in [0.15, 0.2) is 0 Å². The number of carbonyl (C=O) groups is 2. The van der Waals surface area contributed by atoms with Crippen molar-refractivity contribution in [3.63, 3.8) is 0 Å². The number of nitrogens with one attached hydrogen (secondary N) is 1. The highest BCUT2D eigenvalue weighted by atomic mass is 16.2. The molecule has 1 aromatic carbocycles. The molecule has 2 heterocycles. The Hall–Kier alpha value is -2.69. The van der Waals surface area contributed by atoms with Gasteiger partial charge in [0.05, 0.1) is 11.5 Å². The first kappa shape index (κ1) is 19.6. The number of pyridine rings is 1. The fraction of sp³-hybridized carbons (Fsp3) is 0.458. The van der Waals surface area contributed by atoms with E-state index in [9.17, 15) is 9.59 Å². The molecule has 1 aliphatic carbocycles. The highest BCUT2D eigenvalue weighted by molar-refractivity contribution is 6.05. The van der Waals surface area contributed by atoms with E-state index >= 15 is 0 Å². The Kier molecular flexibility index (Phi) is 5.15. The highest BCUT2D eigenvalue weighted by Gasteiger charge is 2.56. The van der Waals surface area contributed by atoms with Gasteiger partial charge in [0.2, 0.25) is 5.91 Å². The highest BCUT2D eigenvalue weighted by Crippen LogP contribution is 2.51. The average molecular weight is 392 g/mol. The molecule has 1 spiro atoms. The van der Waals surface area contributed by atoms with Gasteiger partial charge in [-0.1, -0.05) is 44.0 Å². The minimum Gasteiger partial charge on any atom is -0.329 e. The topological polar surface area (TPSA) is 62.3 Å². The van der Waals surface area contributed by atoms with Crippen LogP contribution < -0.4 is 5.32 Å². The van der Waals surface area contributed by atoms with Crippen molar-refractivity contribution in [3.8, 4) is 0 Å². The molecular formula is C24H29N3O2. The molecule has 5 heteroatoms. The van der Waals surface area contributed by atoms with Crippen molar-refractivity contribution in [2.75, 3.05) is 5.32 Å². The van der Waals surface area contributed by atoms with E-state index in [0.29, 0.717) is 11.4 Å². The van der Waals surface area contributed by atoms with Gasteiger partial charge in [0.1, 0.15) is 5.82 Å². The fourth-order valence-corrected chi connectivity index (χ4v) is 5.24. The van der Waals surface area contributed by atoms with Gasteiger partial charge in [-0.25, -0.2) is 4.98 Å². The van der Waals surface area contributed by atoms with Crippen molar-refractivity contribution in [2.45, 2.75) is 70.4 Å². The first-order chi connectivity index (χ1) is 14.0. The number of carbonyl (C=O) groups excluding carboxylic acids is 2. The number of hydrogen-bond donors (Lipinski definition) is 1. The molecule has 2 amide bonds. The van der Waals surface area contributed by atoms with Gasteiger partial charge in [0, 0.05) is 17.3 Å². The molecule has 5 nitrogen and oxygen atoms in total. The second-order valence-corrected chi connectivity index (χ2v) is 8.42. The van der Waals surface area contributed by atoms with E-state index in [2.05, 4.69) is 24.1 Å². The van der Waals surface area contributed by atoms with E-state index in [1.807, 2.05) is 54.3 Å². The summed E-state index contributed by atoms with van der Waals surface area (Å²) in [5.41, 5.74) is 1.90. The molecule has 0 bridgehead atoms. The lowest BCUT2D eigenvalue weighted by atomic mass is 9.70. The van der Waals surface area contributed by atoms with Crippen LogP contribution in [0.15, 0.2) is 42.5 Å². The number of nitrogens with zero attached hydrogens (tertiary/aromatic N) is 2. The molecule has 152 valence electrons. The quantitative estimate of drug-likeness (QED) is 0.823. The summed E-state index contributed by atoms with van der Waals surface area (Å²) in [6.45, 7) is 6.11. The average Bonchev–Trinajstić information content (AvgIpc) is 3.17. The number of fused-ring (bicyclic) bond motifs is 1. The number of benzene rings is 1. The van der Waals surface area contributed by atoms with Gasteiger partial charge in [-0.3, -0.25) is 9.59 Å². The number of hydrogen-bond acceptors (Lipinski definition) is 3. The minimum atomic E-state index is -0.464. The molecule has 2 aromatic rings. The second kappa shape index (κ2) is 7.62. The molecule has 0 unspecified atom stereocenters. The van der Waals surface area contributed by atoms with E-state index in [1.165, 1.54) is 0 Å². The van der Waals surface area contributed by atoms with Crippen molar-refractivity contribution in [2.24, 2.45) is 0 Å². The monoisotopic (exact) mass is 391 g/mol. The van der Waals surface area contributed by atoms with E-state index in [0.717, 1.165) is 43.4 Å². The Morgan fingerprint density at radius 3 is 2.62 bits per heavy atom. The largest absolute Gasteiger partial charge is 0.329 e. The number of aryl methyl sites for hydroxylation is 1. The van der Waals surface area contributed by atoms with Crippen LogP contribution in [0.1, 0.15) is 73.5 Å². The number of amides is 2. The Morgan fingerprint density at radius 1 is 1.21 bits per heavy atom. The van der Waals surface area contributed by atoms with Crippen molar-refractivity contribution in [1.29, 1.82) is 0 Å².